The molecule has 4 nitrogen and oxygen atoms in total. The van der Waals surface area contributed by atoms with Gasteiger partial charge in [-0.1, -0.05) is 0 Å². The van der Waals surface area contributed by atoms with E-state index in [0.29, 0.717) is 5.70 Å². The Morgan fingerprint density at radius 1 is 2.00 bits per heavy atom. The summed E-state index contributed by atoms with van der Waals surface area (Å²) in [6, 6.07) is 0. The molecule has 0 bridgehead atoms. The molecule has 46 valence electrons. The quantitative estimate of drug-likeness (QED) is 0.455. The molecule has 0 radical (unpaired) electrons. The summed E-state index contributed by atoms with van der Waals surface area (Å²) in [5.74, 6) is 0. The Balaban J connectivity index is 3.66. The van der Waals surface area contributed by atoms with Gasteiger partial charge in [-0.2, -0.15) is 5.11 Å². The van der Waals surface area contributed by atoms with Gasteiger partial charge in [0.15, 0.2) is 0 Å². The van der Waals surface area contributed by atoms with E-state index in [1.807, 2.05) is 0 Å². The van der Waals surface area contributed by atoms with E-state index in [1.165, 1.54) is 6.20 Å². The van der Waals surface area contributed by atoms with Crippen molar-refractivity contribution in [2.75, 3.05) is 13.7 Å². The molecule has 3 N–H and O–H groups in total. The summed E-state index contributed by atoms with van der Waals surface area (Å²) in [5, 5.41) is 14.0. The summed E-state index contributed by atoms with van der Waals surface area (Å²) in [5.41, 5.74) is 6.75. The molecule has 0 aliphatic heterocycles. The lowest BCUT2D eigenvalue weighted by atomic mass is 10.5. The van der Waals surface area contributed by atoms with E-state index in [9.17, 15) is 0 Å². The van der Waals surface area contributed by atoms with E-state index in [0.717, 1.165) is 0 Å². The second-order valence-electron chi connectivity index (χ2n) is 1.19. The zero-order valence-corrected chi connectivity index (χ0v) is 4.68. The smallest absolute Gasteiger partial charge is 0.103 e. The molecule has 0 spiro atoms. The van der Waals surface area contributed by atoms with E-state index in [2.05, 4.69) is 10.4 Å². The Morgan fingerprint density at radius 3 is 2.75 bits per heavy atom. The van der Waals surface area contributed by atoms with Crippen molar-refractivity contribution < 1.29 is 5.11 Å². The van der Waals surface area contributed by atoms with Gasteiger partial charge in [0.1, 0.15) is 5.70 Å². The number of hydrogen-bond acceptors (Lipinski definition) is 4. The van der Waals surface area contributed by atoms with Crippen LogP contribution in [-0.2, 0) is 0 Å². The minimum absolute atomic E-state index is 0.190. The average molecular weight is 115 g/mol. The second kappa shape index (κ2) is 4.26. The fourth-order valence-electron chi connectivity index (χ4n) is 0.280. The van der Waals surface area contributed by atoms with E-state index < -0.39 is 0 Å². The van der Waals surface area contributed by atoms with E-state index in [4.69, 9.17) is 10.6 Å². The monoisotopic (exact) mass is 115 g/mol. The second-order valence-corrected chi connectivity index (χ2v) is 1.19. The third-order valence-electron chi connectivity index (χ3n) is 0.617. The molecule has 0 rings (SSSR count). The summed E-state index contributed by atoms with van der Waals surface area (Å²) >= 11 is 0. The van der Waals surface area contributed by atoms with Crippen LogP contribution in [0.3, 0.4) is 0 Å². The third-order valence-corrected chi connectivity index (χ3v) is 0.617. The Labute approximate surface area is 47.7 Å². The van der Waals surface area contributed by atoms with Crippen molar-refractivity contribution in [2.45, 2.75) is 0 Å². The molecule has 4 heteroatoms. The van der Waals surface area contributed by atoms with Crippen LogP contribution in [0.4, 0.5) is 0 Å². The highest BCUT2D eigenvalue weighted by molar-refractivity contribution is 4.95. The standard InChI is InChI=1S/C4H9N3O/c1-6-2-4(3-8)7-5/h2,5-6,8H,3H2,1H3/b4-2-,7-5?. The molecule has 0 aliphatic carbocycles. The lowest BCUT2D eigenvalue weighted by Gasteiger charge is -1.90. The predicted molar refractivity (Wildman–Crippen MR) is 29.4 cm³/mol. The van der Waals surface area contributed by atoms with Crippen molar-refractivity contribution in [1.29, 1.82) is 5.53 Å². The summed E-state index contributed by atoms with van der Waals surface area (Å²) in [4.78, 5) is 0. The lowest BCUT2D eigenvalue weighted by Crippen LogP contribution is -1.97. The molecule has 0 aromatic heterocycles. The Kier molecular flexibility index (Phi) is 3.78. The number of hydrogen-bond donors (Lipinski definition) is 3. The third kappa shape index (κ3) is 2.30. The normalized spacial score (nSPS) is 11.0. The summed E-state index contributed by atoms with van der Waals surface area (Å²) in [7, 11) is 1.68. The minimum atomic E-state index is -0.190. The maximum Gasteiger partial charge on any atom is 0.103 e. The molecule has 0 saturated carbocycles. The number of aliphatic hydroxyl groups excluding tert-OH is 1. The fourth-order valence-corrected chi connectivity index (χ4v) is 0.280. The number of nitrogens with one attached hydrogen (secondary N) is 2. The first-order valence-corrected chi connectivity index (χ1v) is 2.19. The first-order chi connectivity index (χ1) is 3.85. The summed E-state index contributed by atoms with van der Waals surface area (Å²) in [6.45, 7) is -0.190. The van der Waals surface area contributed by atoms with Gasteiger partial charge in [-0.25, -0.2) is 5.53 Å². The highest BCUT2D eigenvalue weighted by Gasteiger charge is 1.85. The number of rotatable bonds is 3. The van der Waals surface area contributed by atoms with Crippen molar-refractivity contribution in [3.05, 3.63) is 11.9 Å². The highest BCUT2D eigenvalue weighted by Crippen LogP contribution is 1.88. The zero-order valence-electron chi connectivity index (χ0n) is 4.68. The first-order valence-electron chi connectivity index (χ1n) is 2.19. The molecular weight excluding hydrogens is 106 g/mol. The molecule has 0 saturated heterocycles. The van der Waals surface area contributed by atoms with Crippen molar-refractivity contribution >= 4 is 0 Å². The van der Waals surface area contributed by atoms with Crippen LogP contribution < -0.4 is 5.32 Å². The van der Waals surface area contributed by atoms with Crippen LogP contribution >= 0.6 is 0 Å². The van der Waals surface area contributed by atoms with Crippen LogP contribution in [0.2, 0.25) is 0 Å². The van der Waals surface area contributed by atoms with E-state index >= 15 is 0 Å². The average Bonchev–Trinajstić information content (AvgIpc) is 1.83. The van der Waals surface area contributed by atoms with Crippen LogP contribution in [0.15, 0.2) is 17.0 Å². The van der Waals surface area contributed by atoms with Crippen molar-refractivity contribution in [2.24, 2.45) is 5.11 Å². The maximum absolute atomic E-state index is 8.34. The molecule has 0 aromatic rings. The van der Waals surface area contributed by atoms with Gasteiger partial charge >= 0.3 is 0 Å². The number of aliphatic hydroxyl groups is 1. The van der Waals surface area contributed by atoms with Crippen molar-refractivity contribution in [3.63, 3.8) is 0 Å². The summed E-state index contributed by atoms with van der Waals surface area (Å²) < 4.78 is 0. The van der Waals surface area contributed by atoms with E-state index in [-0.39, 0.29) is 6.61 Å². The van der Waals surface area contributed by atoms with Gasteiger partial charge in [-0.05, 0) is 0 Å². The molecule has 0 aliphatic rings. The van der Waals surface area contributed by atoms with Gasteiger partial charge in [-0.15, -0.1) is 0 Å². The van der Waals surface area contributed by atoms with Crippen molar-refractivity contribution in [1.82, 2.24) is 5.32 Å². The van der Waals surface area contributed by atoms with Crippen LogP contribution in [0.1, 0.15) is 0 Å². The molecule has 0 fully saturated rings. The van der Waals surface area contributed by atoms with Gasteiger partial charge in [0.25, 0.3) is 0 Å². The number of nitrogens with zero attached hydrogens (tertiary/aromatic N) is 1. The van der Waals surface area contributed by atoms with Gasteiger partial charge in [-0.3, -0.25) is 0 Å². The van der Waals surface area contributed by atoms with Crippen LogP contribution in [0.25, 0.3) is 0 Å². The molecule has 8 heavy (non-hydrogen) atoms. The Hall–Kier alpha value is -0.900. The molecule has 0 aromatic carbocycles. The first kappa shape index (κ1) is 7.10. The van der Waals surface area contributed by atoms with Gasteiger partial charge in [0.05, 0.1) is 6.61 Å². The lowest BCUT2D eigenvalue weighted by molar-refractivity contribution is 0.327. The predicted octanol–water partition coefficient (Wildman–Crippen LogP) is 0.0705. The Morgan fingerprint density at radius 2 is 2.62 bits per heavy atom. The maximum atomic E-state index is 8.34. The molecule has 0 atom stereocenters. The zero-order chi connectivity index (χ0) is 6.41. The molecule has 0 unspecified atom stereocenters. The van der Waals surface area contributed by atoms with E-state index in [1.54, 1.807) is 7.05 Å². The van der Waals surface area contributed by atoms with Crippen LogP contribution in [0.5, 0.6) is 0 Å². The largest absolute Gasteiger partial charge is 0.392 e. The molecule has 0 heterocycles. The minimum Gasteiger partial charge on any atom is -0.392 e. The molecular formula is C4H9N3O. The highest BCUT2D eigenvalue weighted by atomic mass is 16.3. The SMILES string of the molecule is CN/C=C(/CO)N=N. The van der Waals surface area contributed by atoms with Crippen LogP contribution in [0, 0.1) is 5.53 Å². The van der Waals surface area contributed by atoms with Crippen LogP contribution in [-0.4, -0.2) is 18.8 Å². The molecule has 0 amide bonds. The Bertz CT molecular complexity index is 99.5. The topological polar surface area (TPSA) is 68.5 Å². The fraction of sp³-hybridized carbons (Fsp3) is 0.500. The van der Waals surface area contributed by atoms with Gasteiger partial charge < -0.3 is 10.4 Å². The van der Waals surface area contributed by atoms with Crippen molar-refractivity contribution in [3.8, 4) is 0 Å². The van der Waals surface area contributed by atoms with Gasteiger partial charge in [0, 0.05) is 13.2 Å². The van der Waals surface area contributed by atoms with Gasteiger partial charge in [0.2, 0.25) is 0 Å². The summed E-state index contributed by atoms with van der Waals surface area (Å²) in [6.07, 6.45) is 1.47.